The van der Waals surface area contributed by atoms with Crippen LogP contribution in [0.2, 0.25) is 0 Å². The fraction of sp³-hybridized carbons (Fsp3) is 0.733. The summed E-state index contributed by atoms with van der Waals surface area (Å²) < 4.78 is 0. The topological polar surface area (TPSA) is 20.2 Å². The first-order valence-electron chi connectivity index (χ1n) is 6.28. The van der Waals surface area contributed by atoms with Gasteiger partial charge in [-0.3, -0.25) is 0 Å². The summed E-state index contributed by atoms with van der Waals surface area (Å²) in [6.07, 6.45) is 8.39. The molecule has 0 aromatic heterocycles. The highest BCUT2D eigenvalue weighted by Crippen LogP contribution is 2.43. The molecule has 92 valence electrons. The zero-order chi connectivity index (χ0) is 12.4. The molecule has 0 radical (unpaired) electrons. The van der Waals surface area contributed by atoms with E-state index in [2.05, 4.69) is 46.8 Å². The Hall–Kier alpha value is -0.560. The normalized spacial score (nSPS) is 25.5. The Balaban J connectivity index is 2.49. The molecule has 0 aliphatic heterocycles. The molecule has 1 rings (SSSR count). The summed E-state index contributed by atoms with van der Waals surface area (Å²) in [6, 6.07) is 0. The molecule has 1 atom stereocenters. The van der Waals surface area contributed by atoms with Crippen LogP contribution in [0.25, 0.3) is 0 Å². The third kappa shape index (κ3) is 3.21. The molecule has 1 aliphatic carbocycles. The highest BCUT2D eigenvalue weighted by Gasteiger charge is 2.42. The van der Waals surface area contributed by atoms with Gasteiger partial charge in [0, 0.05) is 0 Å². The van der Waals surface area contributed by atoms with E-state index in [1.165, 1.54) is 11.1 Å². The molecule has 0 saturated heterocycles. The van der Waals surface area contributed by atoms with Gasteiger partial charge in [0.15, 0.2) is 0 Å². The number of hydrogen-bond donors (Lipinski definition) is 1. The van der Waals surface area contributed by atoms with Gasteiger partial charge in [-0.2, -0.15) is 0 Å². The first kappa shape index (κ1) is 13.5. The van der Waals surface area contributed by atoms with E-state index in [9.17, 15) is 5.11 Å². The Morgan fingerprint density at radius 2 is 2.06 bits per heavy atom. The molecule has 1 unspecified atom stereocenters. The van der Waals surface area contributed by atoms with Crippen LogP contribution < -0.4 is 0 Å². The third-order valence-electron chi connectivity index (χ3n) is 3.66. The van der Waals surface area contributed by atoms with Gasteiger partial charge in [-0.25, -0.2) is 0 Å². The molecule has 0 aromatic carbocycles. The summed E-state index contributed by atoms with van der Waals surface area (Å²) in [6.45, 7) is 10.6. The molecule has 0 heterocycles. The van der Waals surface area contributed by atoms with E-state index in [0.717, 1.165) is 25.7 Å². The van der Waals surface area contributed by atoms with Gasteiger partial charge < -0.3 is 5.11 Å². The second-order valence-electron chi connectivity index (χ2n) is 6.35. The van der Waals surface area contributed by atoms with Gasteiger partial charge in [0.1, 0.15) is 0 Å². The summed E-state index contributed by atoms with van der Waals surface area (Å²) in [7, 11) is 0. The first-order valence-corrected chi connectivity index (χ1v) is 6.28. The van der Waals surface area contributed by atoms with E-state index in [-0.39, 0.29) is 5.41 Å². The summed E-state index contributed by atoms with van der Waals surface area (Å²) in [5, 5.41) is 10.5. The number of rotatable bonds is 3. The average molecular weight is 222 g/mol. The lowest BCUT2D eigenvalue weighted by atomic mass is 9.74. The van der Waals surface area contributed by atoms with E-state index >= 15 is 0 Å². The maximum absolute atomic E-state index is 10.5. The highest BCUT2D eigenvalue weighted by molar-refractivity contribution is 5.19. The fourth-order valence-corrected chi connectivity index (χ4v) is 2.14. The maximum atomic E-state index is 10.5. The zero-order valence-electron chi connectivity index (χ0n) is 11.4. The predicted octanol–water partition coefficient (Wildman–Crippen LogP) is 4.23. The van der Waals surface area contributed by atoms with E-state index in [1.54, 1.807) is 0 Å². The Morgan fingerprint density at radius 1 is 1.44 bits per heavy atom. The van der Waals surface area contributed by atoms with Crippen LogP contribution in [0, 0.1) is 5.41 Å². The van der Waals surface area contributed by atoms with Crippen LogP contribution in [0.15, 0.2) is 23.3 Å². The summed E-state index contributed by atoms with van der Waals surface area (Å²) in [5.74, 6) is 0. The minimum Gasteiger partial charge on any atom is -0.389 e. The van der Waals surface area contributed by atoms with Crippen LogP contribution in [-0.2, 0) is 0 Å². The molecule has 1 nitrogen and oxygen atoms in total. The van der Waals surface area contributed by atoms with Gasteiger partial charge in [-0.1, -0.05) is 44.1 Å². The maximum Gasteiger partial charge on any atom is 0.0766 e. The van der Waals surface area contributed by atoms with Crippen LogP contribution >= 0.6 is 0 Å². The molecule has 0 bridgehead atoms. The quantitative estimate of drug-likeness (QED) is 0.708. The van der Waals surface area contributed by atoms with Crippen molar-refractivity contribution in [2.75, 3.05) is 0 Å². The second kappa shape index (κ2) is 4.75. The molecular formula is C15H26O. The van der Waals surface area contributed by atoms with Crippen molar-refractivity contribution in [1.82, 2.24) is 0 Å². The molecule has 0 amide bonds. The second-order valence-corrected chi connectivity index (χ2v) is 6.35. The third-order valence-corrected chi connectivity index (χ3v) is 3.66. The van der Waals surface area contributed by atoms with E-state index in [1.807, 2.05) is 0 Å². The van der Waals surface area contributed by atoms with E-state index in [0.29, 0.717) is 0 Å². The SMILES string of the molecule is CC(C)=CCCC1=CCC(O)(C(C)(C)C)C1. The monoisotopic (exact) mass is 222 g/mol. The Bertz CT molecular complexity index is 300. The molecule has 0 spiro atoms. The van der Waals surface area contributed by atoms with Gasteiger partial charge in [-0.05, 0) is 44.9 Å². The van der Waals surface area contributed by atoms with Gasteiger partial charge in [0.2, 0.25) is 0 Å². The molecule has 1 N–H and O–H groups in total. The van der Waals surface area contributed by atoms with Crippen molar-refractivity contribution in [1.29, 1.82) is 0 Å². The molecule has 0 saturated carbocycles. The van der Waals surface area contributed by atoms with Crippen LogP contribution in [0.3, 0.4) is 0 Å². The minimum absolute atomic E-state index is 0.0260. The predicted molar refractivity (Wildman–Crippen MR) is 70.4 cm³/mol. The Labute approximate surface area is 100 Å². The van der Waals surface area contributed by atoms with E-state index in [4.69, 9.17) is 0 Å². The molecule has 1 aliphatic rings. The van der Waals surface area contributed by atoms with Crippen LogP contribution in [0.4, 0.5) is 0 Å². The van der Waals surface area contributed by atoms with Gasteiger partial charge in [0.05, 0.1) is 5.60 Å². The smallest absolute Gasteiger partial charge is 0.0766 e. The van der Waals surface area contributed by atoms with Crippen molar-refractivity contribution >= 4 is 0 Å². The van der Waals surface area contributed by atoms with Crippen molar-refractivity contribution in [2.45, 2.75) is 65.9 Å². The lowest BCUT2D eigenvalue weighted by Gasteiger charge is -2.37. The van der Waals surface area contributed by atoms with Gasteiger partial charge >= 0.3 is 0 Å². The average Bonchev–Trinajstić information content (AvgIpc) is 2.47. The number of hydrogen-bond acceptors (Lipinski definition) is 1. The van der Waals surface area contributed by atoms with Gasteiger partial charge in [-0.15, -0.1) is 0 Å². The lowest BCUT2D eigenvalue weighted by Crippen LogP contribution is -2.40. The minimum atomic E-state index is -0.521. The van der Waals surface area contributed by atoms with Gasteiger partial charge in [0.25, 0.3) is 0 Å². The fourth-order valence-electron chi connectivity index (χ4n) is 2.14. The van der Waals surface area contributed by atoms with Crippen molar-refractivity contribution in [3.8, 4) is 0 Å². The lowest BCUT2D eigenvalue weighted by molar-refractivity contribution is -0.0478. The van der Waals surface area contributed by atoms with Crippen LogP contribution in [-0.4, -0.2) is 10.7 Å². The standard InChI is InChI=1S/C15H26O/c1-12(2)7-6-8-13-9-10-15(16,11-13)14(3,4)5/h7,9,16H,6,8,10-11H2,1-5H3. The van der Waals surface area contributed by atoms with Crippen molar-refractivity contribution < 1.29 is 5.11 Å². The number of aliphatic hydroxyl groups is 1. The van der Waals surface area contributed by atoms with Crippen LogP contribution in [0.1, 0.15) is 60.3 Å². The largest absolute Gasteiger partial charge is 0.389 e. The Morgan fingerprint density at radius 3 is 2.50 bits per heavy atom. The van der Waals surface area contributed by atoms with Crippen LogP contribution in [0.5, 0.6) is 0 Å². The molecule has 16 heavy (non-hydrogen) atoms. The summed E-state index contributed by atoms with van der Waals surface area (Å²) in [4.78, 5) is 0. The number of allylic oxidation sites excluding steroid dienone is 2. The summed E-state index contributed by atoms with van der Waals surface area (Å²) in [5.41, 5.74) is 2.26. The summed E-state index contributed by atoms with van der Waals surface area (Å²) >= 11 is 0. The van der Waals surface area contributed by atoms with E-state index < -0.39 is 5.60 Å². The van der Waals surface area contributed by atoms with Crippen molar-refractivity contribution in [3.63, 3.8) is 0 Å². The zero-order valence-corrected chi connectivity index (χ0v) is 11.4. The Kier molecular flexibility index (Phi) is 4.01. The van der Waals surface area contributed by atoms with Crippen molar-refractivity contribution in [2.24, 2.45) is 5.41 Å². The molecule has 0 aromatic rings. The molecular weight excluding hydrogens is 196 g/mol. The highest BCUT2D eigenvalue weighted by atomic mass is 16.3. The van der Waals surface area contributed by atoms with Crippen molar-refractivity contribution in [3.05, 3.63) is 23.3 Å². The molecule has 1 heteroatoms. The molecule has 0 fully saturated rings. The first-order chi connectivity index (χ1) is 7.24.